The van der Waals surface area contributed by atoms with E-state index in [9.17, 15) is 24.6 Å². The maximum Gasteiger partial charge on any atom is 0.194 e. The van der Waals surface area contributed by atoms with E-state index in [-0.39, 0.29) is 39.5 Å². The summed E-state index contributed by atoms with van der Waals surface area (Å²) < 4.78 is 13.4. The molecule has 2 heterocycles. The van der Waals surface area contributed by atoms with Crippen molar-refractivity contribution in [1.29, 1.82) is 0 Å². The van der Waals surface area contributed by atoms with Crippen LogP contribution < -0.4 is 14.8 Å². The third kappa shape index (κ3) is 3.79. The van der Waals surface area contributed by atoms with Gasteiger partial charge in [0.05, 0.1) is 23.8 Å². The van der Waals surface area contributed by atoms with Gasteiger partial charge in [-0.05, 0) is 52.3 Å². The summed E-state index contributed by atoms with van der Waals surface area (Å²) in [5.74, 6) is -1.60. The van der Waals surface area contributed by atoms with Crippen molar-refractivity contribution >= 4 is 28.3 Å². The lowest BCUT2D eigenvalue weighted by atomic mass is 9.70. The number of hydrogen-bond donors (Lipinski definition) is 3. The van der Waals surface area contributed by atoms with Crippen molar-refractivity contribution in [2.24, 2.45) is 0 Å². The Bertz CT molecular complexity index is 1640. The van der Waals surface area contributed by atoms with Crippen LogP contribution in [0.15, 0.2) is 53.6 Å². The molecule has 3 aromatic rings. The van der Waals surface area contributed by atoms with Crippen LogP contribution in [0.3, 0.4) is 0 Å². The van der Waals surface area contributed by atoms with E-state index in [1.165, 1.54) is 19.9 Å². The van der Waals surface area contributed by atoms with E-state index in [1.54, 1.807) is 21.0 Å². The Labute approximate surface area is 225 Å². The highest BCUT2D eigenvalue weighted by atomic mass is 16.5. The molecule has 0 radical (unpaired) electrons. The first-order valence-electron chi connectivity index (χ1n) is 12.7. The van der Waals surface area contributed by atoms with Gasteiger partial charge in [-0.1, -0.05) is 6.07 Å². The zero-order valence-corrected chi connectivity index (χ0v) is 22.5. The number of rotatable bonds is 7. The van der Waals surface area contributed by atoms with Crippen molar-refractivity contribution in [2.45, 2.75) is 46.1 Å². The molecular weight excluding hydrogens is 500 g/mol. The van der Waals surface area contributed by atoms with E-state index in [0.29, 0.717) is 18.8 Å². The molecule has 1 aliphatic heterocycles. The van der Waals surface area contributed by atoms with Gasteiger partial charge in [-0.2, -0.15) is 0 Å². The highest BCUT2D eigenvalue weighted by Gasteiger charge is 2.56. The second-order valence-electron chi connectivity index (χ2n) is 10.1. The number of fused-ring (bicyclic) bond motifs is 4. The topological polar surface area (TPSA) is 127 Å². The summed E-state index contributed by atoms with van der Waals surface area (Å²) in [5, 5.41) is 25.7. The van der Waals surface area contributed by atoms with E-state index >= 15 is 0 Å². The molecule has 39 heavy (non-hydrogen) atoms. The number of carbonyl (C=O) groups is 3. The Morgan fingerprint density at radius 3 is 2.59 bits per heavy atom. The quantitative estimate of drug-likeness (QED) is 0.179. The molecule has 1 atom stereocenters. The molecule has 202 valence electrons. The summed E-state index contributed by atoms with van der Waals surface area (Å²) in [7, 11) is 1.64. The molecule has 2 aromatic carbocycles. The maximum atomic E-state index is 13.9. The van der Waals surface area contributed by atoms with Gasteiger partial charge in [0.2, 0.25) is 0 Å². The van der Waals surface area contributed by atoms with E-state index in [4.69, 9.17) is 9.47 Å². The van der Waals surface area contributed by atoms with Gasteiger partial charge < -0.3 is 29.6 Å². The molecule has 9 heteroatoms. The average molecular weight is 531 g/mol. The number of nitrogens with one attached hydrogen (secondary N) is 1. The van der Waals surface area contributed by atoms with Gasteiger partial charge in [0.25, 0.3) is 0 Å². The van der Waals surface area contributed by atoms with Gasteiger partial charge in [0.1, 0.15) is 39.7 Å². The first-order valence-corrected chi connectivity index (χ1v) is 12.7. The number of ketones is 3. The van der Waals surface area contributed by atoms with E-state index in [0.717, 1.165) is 23.1 Å². The number of ether oxygens (including phenoxy) is 2. The van der Waals surface area contributed by atoms with Gasteiger partial charge in [0, 0.05) is 42.0 Å². The predicted octanol–water partition coefficient (Wildman–Crippen LogP) is 4.21. The fraction of sp³-hybridized carbons (Fsp3) is 0.300. The van der Waals surface area contributed by atoms with E-state index in [2.05, 4.69) is 9.88 Å². The van der Waals surface area contributed by atoms with Crippen molar-refractivity contribution in [3.05, 3.63) is 70.3 Å². The highest BCUT2D eigenvalue weighted by molar-refractivity contribution is 6.31. The average Bonchev–Trinajstić information content (AvgIpc) is 3.44. The number of aromatic nitrogens is 1. The van der Waals surface area contributed by atoms with Crippen LogP contribution in [0, 0.1) is 6.92 Å². The summed E-state index contributed by atoms with van der Waals surface area (Å²) in [5.41, 5.74) is -0.0974. The minimum Gasteiger partial charge on any atom is -0.507 e. The van der Waals surface area contributed by atoms with Crippen molar-refractivity contribution in [2.75, 3.05) is 13.7 Å². The number of benzene rings is 2. The van der Waals surface area contributed by atoms with E-state index < -0.39 is 28.5 Å². The molecule has 1 aromatic heterocycles. The molecule has 0 bridgehead atoms. The standard InChI is InChI=1S/C30H30N2O7/c1-15-26(35)24(17(3)33)28-25(27(15)36)30(4)22(39-28)14-20(34)23(29(30)37)16(2)31-11-7-12-32-13-10-18-19(32)8-6-9-21(18)38-5/h6,8-10,13-14,31,35-36H,7,11-12H2,1-5H3. The number of phenolic OH excluding ortho intramolecular Hbond substituents is 2. The summed E-state index contributed by atoms with van der Waals surface area (Å²) >= 11 is 0. The summed E-state index contributed by atoms with van der Waals surface area (Å²) in [6, 6.07) is 7.89. The van der Waals surface area contributed by atoms with Crippen molar-refractivity contribution in [3.63, 3.8) is 0 Å². The van der Waals surface area contributed by atoms with Crippen LogP contribution in [-0.4, -0.2) is 45.8 Å². The summed E-state index contributed by atoms with van der Waals surface area (Å²) in [4.78, 5) is 39.3. The molecule has 0 saturated heterocycles. The normalized spacial score (nSPS) is 19.4. The van der Waals surface area contributed by atoms with E-state index in [1.807, 2.05) is 30.5 Å². The van der Waals surface area contributed by atoms with Crippen LogP contribution in [0.2, 0.25) is 0 Å². The fourth-order valence-electron chi connectivity index (χ4n) is 5.54. The number of allylic oxidation sites excluding steroid dienone is 4. The predicted molar refractivity (Wildman–Crippen MR) is 144 cm³/mol. The maximum absolute atomic E-state index is 13.9. The SMILES string of the molecule is COc1cccc2c1ccn2CCCNC(C)=C1C(=O)C=C2Oc3c(C(C)=O)c(O)c(C)c(O)c3C2(C)C1=O. The number of aryl methyl sites for hydroxylation is 1. The van der Waals surface area contributed by atoms with Crippen molar-refractivity contribution in [1.82, 2.24) is 9.88 Å². The third-order valence-electron chi connectivity index (χ3n) is 7.72. The van der Waals surface area contributed by atoms with Crippen LogP contribution in [0.4, 0.5) is 0 Å². The minimum absolute atomic E-state index is 0.0155. The number of nitrogens with zero attached hydrogens (tertiary/aromatic N) is 1. The Morgan fingerprint density at radius 2 is 1.90 bits per heavy atom. The molecule has 3 N–H and O–H groups in total. The molecule has 9 nitrogen and oxygen atoms in total. The number of methoxy groups -OCH3 is 1. The van der Waals surface area contributed by atoms with Gasteiger partial charge in [-0.3, -0.25) is 14.4 Å². The lowest BCUT2D eigenvalue weighted by Gasteiger charge is -2.29. The molecule has 0 amide bonds. The lowest BCUT2D eigenvalue weighted by molar-refractivity contribution is -0.123. The number of carbonyl (C=O) groups excluding carboxylic acids is 3. The molecule has 0 fully saturated rings. The monoisotopic (exact) mass is 530 g/mol. The lowest BCUT2D eigenvalue weighted by Crippen LogP contribution is -2.41. The van der Waals surface area contributed by atoms with Crippen LogP contribution in [0.25, 0.3) is 10.9 Å². The van der Waals surface area contributed by atoms with Crippen LogP contribution in [0.1, 0.15) is 48.7 Å². The number of hydrogen-bond acceptors (Lipinski definition) is 8. The van der Waals surface area contributed by atoms with Crippen LogP contribution in [-0.2, 0) is 21.5 Å². The molecular formula is C30H30N2O7. The fourth-order valence-corrected chi connectivity index (χ4v) is 5.54. The Balaban J connectivity index is 1.41. The Hall–Kier alpha value is -4.53. The van der Waals surface area contributed by atoms with Gasteiger partial charge in [-0.25, -0.2) is 0 Å². The Morgan fingerprint density at radius 1 is 1.15 bits per heavy atom. The first kappa shape index (κ1) is 26.1. The third-order valence-corrected chi connectivity index (χ3v) is 7.72. The molecule has 0 saturated carbocycles. The van der Waals surface area contributed by atoms with Crippen LogP contribution >= 0.6 is 0 Å². The van der Waals surface area contributed by atoms with Crippen molar-refractivity contribution in [3.8, 4) is 23.0 Å². The largest absolute Gasteiger partial charge is 0.507 e. The highest BCUT2D eigenvalue weighted by Crippen LogP contribution is 2.57. The Kier molecular flexibility index (Phi) is 6.25. The molecule has 2 aliphatic rings. The molecule has 5 rings (SSSR count). The second kappa shape index (κ2) is 9.34. The second-order valence-corrected chi connectivity index (χ2v) is 10.1. The van der Waals surface area contributed by atoms with Gasteiger partial charge in [0.15, 0.2) is 17.3 Å². The summed E-state index contributed by atoms with van der Waals surface area (Å²) in [6.07, 6.45) is 3.94. The minimum atomic E-state index is -1.53. The van der Waals surface area contributed by atoms with Gasteiger partial charge >= 0.3 is 0 Å². The summed E-state index contributed by atoms with van der Waals surface area (Å²) in [6.45, 7) is 7.15. The number of phenols is 2. The number of Topliss-reactive ketones (excluding diaryl/α,β-unsaturated/α-hetero) is 2. The zero-order valence-electron chi connectivity index (χ0n) is 22.5. The van der Waals surface area contributed by atoms with Crippen LogP contribution in [0.5, 0.6) is 23.0 Å². The smallest absolute Gasteiger partial charge is 0.194 e. The number of aromatic hydroxyl groups is 2. The molecule has 1 unspecified atom stereocenters. The molecule has 0 spiro atoms. The molecule has 1 aliphatic carbocycles. The van der Waals surface area contributed by atoms with Gasteiger partial charge in [-0.15, -0.1) is 0 Å². The first-order chi connectivity index (χ1) is 18.5. The zero-order chi connectivity index (χ0) is 28.2. The van der Waals surface area contributed by atoms with Crippen molar-refractivity contribution < 1.29 is 34.1 Å².